The van der Waals surface area contributed by atoms with Crippen LogP contribution in [0.5, 0.6) is 0 Å². The largest absolute Gasteiger partial charge is 0.310 e. The lowest BCUT2D eigenvalue weighted by atomic mass is 9.75. The van der Waals surface area contributed by atoms with Gasteiger partial charge in [0.1, 0.15) is 0 Å². The first-order chi connectivity index (χ1) is 10.3. The van der Waals surface area contributed by atoms with Crippen molar-refractivity contribution in [3.8, 4) is 0 Å². The molecule has 3 atom stereocenters. The Labute approximate surface area is 135 Å². The van der Waals surface area contributed by atoms with Crippen LogP contribution in [0.15, 0.2) is 29.2 Å². The SMILES string of the molecule is CCCNC(c1ccc(SC)cc1)C1CCCC(CC)C1. The van der Waals surface area contributed by atoms with Crippen LogP contribution in [-0.4, -0.2) is 12.8 Å². The van der Waals surface area contributed by atoms with E-state index in [1.54, 1.807) is 0 Å². The summed E-state index contributed by atoms with van der Waals surface area (Å²) in [4.78, 5) is 1.36. The molecule has 1 aromatic carbocycles. The number of hydrogen-bond acceptors (Lipinski definition) is 2. The van der Waals surface area contributed by atoms with Gasteiger partial charge in [0, 0.05) is 10.9 Å². The van der Waals surface area contributed by atoms with E-state index in [9.17, 15) is 0 Å². The van der Waals surface area contributed by atoms with E-state index in [-0.39, 0.29) is 0 Å². The van der Waals surface area contributed by atoms with Crippen molar-refractivity contribution < 1.29 is 0 Å². The summed E-state index contributed by atoms with van der Waals surface area (Å²) < 4.78 is 0. The molecule has 0 bridgehead atoms. The van der Waals surface area contributed by atoms with Crippen LogP contribution < -0.4 is 5.32 Å². The average molecular weight is 306 g/mol. The van der Waals surface area contributed by atoms with Crippen LogP contribution in [0.1, 0.15) is 64.0 Å². The zero-order chi connectivity index (χ0) is 15.1. The standard InChI is InChI=1S/C19H31NS/c1-4-13-20-19(16-9-11-18(21-3)12-10-16)17-8-6-7-15(5-2)14-17/h9-12,15,17,19-20H,4-8,13-14H2,1-3H3. The highest BCUT2D eigenvalue weighted by molar-refractivity contribution is 7.98. The van der Waals surface area contributed by atoms with E-state index in [1.165, 1.54) is 49.0 Å². The Balaban J connectivity index is 2.12. The Hall–Kier alpha value is -0.470. The lowest BCUT2D eigenvalue weighted by molar-refractivity contribution is 0.209. The Bertz CT molecular complexity index is 401. The normalized spacial score (nSPS) is 24.0. The number of nitrogens with one attached hydrogen (secondary N) is 1. The summed E-state index contributed by atoms with van der Waals surface area (Å²) in [5, 5.41) is 3.83. The Morgan fingerprint density at radius 2 is 1.95 bits per heavy atom. The molecule has 0 aromatic heterocycles. The molecule has 1 aliphatic carbocycles. The summed E-state index contributed by atoms with van der Waals surface area (Å²) in [6.07, 6.45) is 10.4. The van der Waals surface area contributed by atoms with Crippen molar-refractivity contribution >= 4 is 11.8 Å². The van der Waals surface area contributed by atoms with Crippen molar-refractivity contribution in [2.75, 3.05) is 12.8 Å². The number of hydrogen-bond donors (Lipinski definition) is 1. The highest BCUT2D eigenvalue weighted by Crippen LogP contribution is 2.38. The van der Waals surface area contributed by atoms with Gasteiger partial charge in [-0.05, 0) is 61.6 Å². The zero-order valence-electron chi connectivity index (χ0n) is 13.9. The van der Waals surface area contributed by atoms with Crippen molar-refractivity contribution in [1.29, 1.82) is 0 Å². The molecular weight excluding hydrogens is 274 g/mol. The van der Waals surface area contributed by atoms with Crippen molar-refractivity contribution in [3.63, 3.8) is 0 Å². The first-order valence-corrected chi connectivity index (χ1v) is 9.88. The maximum atomic E-state index is 3.83. The fourth-order valence-electron chi connectivity index (χ4n) is 3.67. The third-order valence-corrected chi connectivity index (χ3v) is 5.70. The predicted octanol–water partition coefficient (Wildman–Crippen LogP) is 5.67. The summed E-state index contributed by atoms with van der Waals surface area (Å²) in [6.45, 7) is 5.74. The second-order valence-electron chi connectivity index (χ2n) is 6.41. The molecule has 1 N–H and O–H groups in total. The quantitative estimate of drug-likeness (QED) is 0.652. The lowest BCUT2D eigenvalue weighted by Gasteiger charge is -2.35. The molecule has 0 aliphatic heterocycles. The molecule has 118 valence electrons. The van der Waals surface area contributed by atoms with Crippen molar-refractivity contribution in [2.45, 2.75) is 63.3 Å². The molecule has 21 heavy (non-hydrogen) atoms. The molecule has 1 fully saturated rings. The first kappa shape index (κ1) is 16.9. The van der Waals surface area contributed by atoms with Crippen LogP contribution in [0.3, 0.4) is 0 Å². The van der Waals surface area contributed by atoms with E-state index in [0.717, 1.165) is 18.4 Å². The minimum absolute atomic E-state index is 0.551. The van der Waals surface area contributed by atoms with Gasteiger partial charge < -0.3 is 5.32 Å². The van der Waals surface area contributed by atoms with Gasteiger partial charge in [0.05, 0.1) is 0 Å². The molecular formula is C19H31NS. The van der Waals surface area contributed by atoms with Crippen LogP contribution in [0, 0.1) is 11.8 Å². The summed E-state index contributed by atoms with van der Waals surface area (Å²) in [7, 11) is 0. The van der Waals surface area contributed by atoms with Crippen LogP contribution in [-0.2, 0) is 0 Å². The second-order valence-corrected chi connectivity index (χ2v) is 7.29. The topological polar surface area (TPSA) is 12.0 Å². The Kier molecular flexibility index (Phi) is 7.12. The number of rotatable bonds is 7. The molecule has 1 aliphatic rings. The molecule has 0 spiro atoms. The molecule has 0 heterocycles. The molecule has 1 saturated carbocycles. The van der Waals surface area contributed by atoms with Gasteiger partial charge in [0.25, 0.3) is 0 Å². The maximum Gasteiger partial charge on any atom is 0.0348 e. The summed E-state index contributed by atoms with van der Waals surface area (Å²) in [6, 6.07) is 9.79. The van der Waals surface area contributed by atoms with Gasteiger partial charge in [-0.15, -0.1) is 11.8 Å². The summed E-state index contributed by atoms with van der Waals surface area (Å²) in [5.41, 5.74) is 1.49. The van der Waals surface area contributed by atoms with E-state index < -0.39 is 0 Å². The monoisotopic (exact) mass is 305 g/mol. The molecule has 2 heteroatoms. The zero-order valence-corrected chi connectivity index (χ0v) is 14.7. The third kappa shape index (κ3) is 4.75. The van der Waals surface area contributed by atoms with Crippen molar-refractivity contribution in [3.05, 3.63) is 29.8 Å². The number of benzene rings is 1. The molecule has 0 radical (unpaired) electrons. The molecule has 0 saturated heterocycles. The average Bonchev–Trinajstić information content (AvgIpc) is 2.56. The minimum Gasteiger partial charge on any atom is -0.310 e. The molecule has 0 amide bonds. The van der Waals surface area contributed by atoms with Crippen LogP contribution in [0.4, 0.5) is 0 Å². The molecule has 3 unspecified atom stereocenters. The smallest absolute Gasteiger partial charge is 0.0348 e. The van der Waals surface area contributed by atoms with Gasteiger partial charge >= 0.3 is 0 Å². The Morgan fingerprint density at radius 3 is 2.57 bits per heavy atom. The highest BCUT2D eigenvalue weighted by atomic mass is 32.2. The third-order valence-electron chi connectivity index (χ3n) is 4.96. The van der Waals surface area contributed by atoms with Gasteiger partial charge in [-0.1, -0.05) is 45.2 Å². The summed E-state index contributed by atoms with van der Waals surface area (Å²) in [5.74, 6) is 1.76. The molecule has 2 rings (SSSR count). The van der Waals surface area contributed by atoms with E-state index in [2.05, 4.69) is 49.7 Å². The van der Waals surface area contributed by atoms with E-state index >= 15 is 0 Å². The van der Waals surface area contributed by atoms with E-state index in [1.807, 2.05) is 11.8 Å². The number of thioether (sulfide) groups is 1. The lowest BCUT2D eigenvalue weighted by Crippen LogP contribution is -2.32. The van der Waals surface area contributed by atoms with Gasteiger partial charge in [-0.25, -0.2) is 0 Å². The summed E-state index contributed by atoms with van der Waals surface area (Å²) >= 11 is 1.83. The molecule has 1 nitrogen and oxygen atoms in total. The van der Waals surface area contributed by atoms with Gasteiger partial charge in [0.15, 0.2) is 0 Å². The first-order valence-electron chi connectivity index (χ1n) is 8.65. The van der Waals surface area contributed by atoms with Crippen LogP contribution >= 0.6 is 11.8 Å². The predicted molar refractivity (Wildman–Crippen MR) is 95.0 cm³/mol. The van der Waals surface area contributed by atoms with Gasteiger partial charge in [-0.3, -0.25) is 0 Å². The van der Waals surface area contributed by atoms with Gasteiger partial charge in [-0.2, -0.15) is 0 Å². The van der Waals surface area contributed by atoms with E-state index in [0.29, 0.717) is 6.04 Å². The fraction of sp³-hybridized carbons (Fsp3) is 0.684. The second kappa shape index (κ2) is 8.85. The van der Waals surface area contributed by atoms with Crippen molar-refractivity contribution in [1.82, 2.24) is 5.32 Å². The van der Waals surface area contributed by atoms with Crippen LogP contribution in [0.2, 0.25) is 0 Å². The molecule has 1 aromatic rings. The van der Waals surface area contributed by atoms with Gasteiger partial charge in [0.2, 0.25) is 0 Å². The van der Waals surface area contributed by atoms with Crippen LogP contribution in [0.25, 0.3) is 0 Å². The van der Waals surface area contributed by atoms with E-state index in [4.69, 9.17) is 0 Å². The fourth-order valence-corrected chi connectivity index (χ4v) is 4.08. The minimum atomic E-state index is 0.551. The maximum absolute atomic E-state index is 3.83. The van der Waals surface area contributed by atoms with Crippen molar-refractivity contribution in [2.24, 2.45) is 11.8 Å². The Morgan fingerprint density at radius 1 is 1.19 bits per heavy atom. The highest BCUT2D eigenvalue weighted by Gasteiger charge is 2.28.